The molecule has 5 rings (SSSR count). The molecule has 2 aromatic carbocycles. The molecule has 2 saturated heterocycles. The number of rotatable bonds is 9. The Morgan fingerprint density at radius 3 is 2.20 bits per heavy atom. The Bertz CT molecular complexity index is 1450. The lowest BCUT2D eigenvalue weighted by Gasteiger charge is -2.37. The predicted octanol–water partition coefficient (Wildman–Crippen LogP) is 4.73. The van der Waals surface area contributed by atoms with Gasteiger partial charge in [0.15, 0.2) is 5.82 Å². The molecule has 0 spiro atoms. The summed E-state index contributed by atoms with van der Waals surface area (Å²) in [4.78, 5) is 29.2. The minimum Gasteiger partial charge on any atom is -0.508 e. The van der Waals surface area contributed by atoms with Gasteiger partial charge in [-0.05, 0) is 99.2 Å². The molecule has 2 aliphatic rings. The summed E-state index contributed by atoms with van der Waals surface area (Å²) >= 11 is 0. The smallest absolute Gasteiger partial charge is 0.289 e. The van der Waals surface area contributed by atoms with Gasteiger partial charge in [0.2, 0.25) is 11.7 Å². The van der Waals surface area contributed by atoms with Crippen molar-refractivity contribution in [2.24, 2.45) is 11.8 Å². The molecule has 3 aromatic rings. The number of nitrogens with one attached hydrogen (secondary N) is 1. The highest BCUT2D eigenvalue weighted by Gasteiger charge is 2.27. The van der Waals surface area contributed by atoms with Crippen molar-refractivity contribution in [3.05, 3.63) is 53.3 Å². The van der Waals surface area contributed by atoms with Crippen molar-refractivity contribution in [1.82, 2.24) is 29.9 Å². The fourth-order valence-electron chi connectivity index (χ4n) is 6.61. The molecule has 0 atom stereocenters. The van der Waals surface area contributed by atoms with E-state index < -0.39 is 0 Å². The monoisotopic (exact) mass is 602 g/mol. The third-order valence-corrected chi connectivity index (χ3v) is 9.21. The van der Waals surface area contributed by atoms with Crippen molar-refractivity contribution in [2.45, 2.75) is 65.7 Å². The first-order valence-electron chi connectivity index (χ1n) is 16.0. The Labute approximate surface area is 260 Å². The van der Waals surface area contributed by atoms with E-state index >= 15 is 0 Å². The van der Waals surface area contributed by atoms with Gasteiger partial charge in [0.25, 0.3) is 5.91 Å². The van der Waals surface area contributed by atoms with Gasteiger partial charge in [0, 0.05) is 44.9 Å². The van der Waals surface area contributed by atoms with Gasteiger partial charge in [-0.1, -0.05) is 26.0 Å². The highest BCUT2D eigenvalue weighted by atomic mass is 16.3. The van der Waals surface area contributed by atoms with Crippen LogP contribution < -0.4 is 5.32 Å². The SMILES string of the molecule is CCNC(=O)c1nnc(-c2cc(C(C)C)c(O)cc2O)n1-c1ccc(CC2CCN(CC3CCN(C(C)=O)CC3)CC2)cc1. The lowest BCUT2D eigenvalue weighted by molar-refractivity contribution is -0.130. The zero-order valence-corrected chi connectivity index (χ0v) is 26.4. The van der Waals surface area contributed by atoms with Crippen LogP contribution in [0.2, 0.25) is 0 Å². The molecule has 3 heterocycles. The minimum atomic E-state index is -0.353. The Morgan fingerprint density at radius 1 is 0.932 bits per heavy atom. The summed E-state index contributed by atoms with van der Waals surface area (Å²) < 4.78 is 1.67. The number of aromatic hydroxyl groups is 2. The average molecular weight is 603 g/mol. The van der Waals surface area contributed by atoms with Gasteiger partial charge in [-0.15, -0.1) is 10.2 Å². The number of likely N-dealkylation sites (tertiary alicyclic amines) is 2. The van der Waals surface area contributed by atoms with Crippen LogP contribution >= 0.6 is 0 Å². The largest absolute Gasteiger partial charge is 0.508 e. The van der Waals surface area contributed by atoms with Gasteiger partial charge in [-0.3, -0.25) is 14.2 Å². The predicted molar refractivity (Wildman–Crippen MR) is 170 cm³/mol. The fraction of sp³-hybridized carbons (Fsp3) is 0.529. The lowest BCUT2D eigenvalue weighted by atomic mass is 9.89. The van der Waals surface area contributed by atoms with Crippen LogP contribution in [-0.2, 0) is 11.2 Å². The number of benzene rings is 2. The highest BCUT2D eigenvalue weighted by molar-refractivity contribution is 5.92. The Balaban J connectivity index is 1.28. The second-order valence-corrected chi connectivity index (χ2v) is 12.7. The molecule has 0 bridgehead atoms. The number of phenols is 2. The number of hydrogen-bond donors (Lipinski definition) is 3. The summed E-state index contributed by atoms with van der Waals surface area (Å²) in [5.74, 6) is 1.51. The molecule has 1 aromatic heterocycles. The second kappa shape index (κ2) is 13.8. The number of phenolic OH excluding ortho intramolecular Hbond substituents is 2. The molecule has 10 heteroatoms. The summed E-state index contributed by atoms with van der Waals surface area (Å²) in [6.07, 6.45) is 5.55. The molecule has 236 valence electrons. The van der Waals surface area contributed by atoms with Gasteiger partial charge in [-0.2, -0.15) is 0 Å². The molecule has 44 heavy (non-hydrogen) atoms. The first-order valence-corrected chi connectivity index (χ1v) is 16.0. The Kier molecular flexibility index (Phi) is 9.88. The quantitative estimate of drug-likeness (QED) is 0.324. The van der Waals surface area contributed by atoms with Gasteiger partial charge < -0.3 is 25.3 Å². The van der Waals surface area contributed by atoms with Crippen molar-refractivity contribution in [1.29, 1.82) is 0 Å². The van der Waals surface area contributed by atoms with Crippen molar-refractivity contribution in [3.8, 4) is 28.6 Å². The van der Waals surface area contributed by atoms with Gasteiger partial charge in [0.1, 0.15) is 11.5 Å². The first kappa shape index (κ1) is 31.5. The fourth-order valence-corrected chi connectivity index (χ4v) is 6.61. The van der Waals surface area contributed by atoms with E-state index in [1.54, 1.807) is 17.6 Å². The van der Waals surface area contributed by atoms with Crippen LogP contribution in [0.4, 0.5) is 0 Å². The van der Waals surface area contributed by atoms with E-state index in [1.165, 1.54) is 24.5 Å². The zero-order chi connectivity index (χ0) is 31.4. The van der Waals surface area contributed by atoms with Crippen molar-refractivity contribution < 1.29 is 19.8 Å². The van der Waals surface area contributed by atoms with Crippen LogP contribution in [0, 0.1) is 11.8 Å². The molecular formula is C34H46N6O4. The summed E-state index contributed by atoms with van der Waals surface area (Å²) in [5.41, 5.74) is 3.04. The van der Waals surface area contributed by atoms with Crippen molar-refractivity contribution in [2.75, 3.05) is 39.3 Å². The molecule has 2 amide bonds. The maximum Gasteiger partial charge on any atom is 0.289 e. The molecule has 10 nitrogen and oxygen atoms in total. The maximum absolute atomic E-state index is 13.0. The third kappa shape index (κ3) is 7.07. The van der Waals surface area contributed by atoms with Crippen molar-refractivity contribution >= 4 is 11.8 Å². The topological polar surface area (TPSA) is 124 Å². The van der Waals surface area contributed by atoms with Crippen LogP contribution in [0.1, 0.15) is 81.0 Å². The van der Waals surface area contributed by atoms with Crippen LogP contribution in [0.25, 0.3) is 17.1 Å². The number of piperidine rings is 2. The van der Waals surface area contributed by atoms with E-state index in [-0.39, 0.29) is 35.1 Å². The molecule has 2 fully saturated rings. The molecule has 0 saturated carbocycles. The first-order chi connectivity index (χ1) is 21.1. The van der Waals surface area contributed by atoms with Gasteiger partial charge >= 0.3 is 0 Å². The standard InChI is InChI=1S/C34H46N6O4/c1-5-35-34(44)33-37-36-32(29-19-28(22(2)3)30(42)20-31(29)43)40(33)27-8-6-24(7-9-27)18-25-10-14-38(15-11-25)21-26-12-16-39(17-13-26)23(4)41/h6-9,19-20,22,25-26,42-43H,5,10-18,21H2,1-4H3,(H,35,44). The Morgan fingerprint density at radius 2 is 1.59 bits per heavy atom. The van der Waals surface area contributed by atoms with E-state index in [4.69, 9.17) is 0 Å². The van der Waals surface area contributed by atoms with Crippen molar-refractivity contribution in [3.63, 3.8) is 0 Å². The van der Waals surface area contributed by atoms with Gasteiger partial charge in [-0.25, -0.2) is 0 Å². The molecule has 3 N–H and O–H groups in total. The molecule has 0 unspecified atom stereocenters. The Hall–Kier alpha value is -3.92. The van der Waals surface area contributed by atoms with E-state index in [0.29, 0.717) is 35.3 Å². The number of hydrogen-bond acceptors (Lipinski definition) is 7. The summed E-state index contributed by atoms with van der Waals surface area (Å²) in [7, 11) is 0. The maximum atomic E-state index is 13.0. The van der Waals surface area contributed by atoms with E-state index in [9.17, 15) is 19.8 Å². The van der Waals surface area contributed by atoms with E-state index in [1.807, 2.05) is 37.8 Å². The number of nitrogens with zero attached hydrogens (tertiary/aromatic N) is 5. The van der Waals surface area contributed by atoms with Gasteiger partial charge in [0.05, 0.1) is 5.56 Å². The van der Waals surface area contributed by atoms with E-state index in [0.717, 1.165) is 57.7 Å². The molecule has 2 aliphatic heterocycles. The van der Waals surface area contributed by atoms with Crippen LogP contribution in [-0.4, -0.2) is 85.9 Å². The number of carbonyl (C=O) groups excluding carboxylic acids is 2. The number of aromatic nitrogens is 3. The average Bonchev–Trinajstić information content (AvgIpc) is 3.44. The zero-order valence-electron chi connectivity index (χ0n) is 26.4. The highest BCUT2D eigenvalue weighted by Crippen LogP contribution is 2.38. The van der Waals surface area contributed by atoms with Crippen LogP contribution in [0.5, 0.6) is 11.5 Å². The van der Waals surface area contributed by atoms with E-state index in [2.05, 4.69) is 32.5 Å². The normalized spacial score (nSPS) is 16.9. The molecule has 0 radical (unpaired) electrons. The summed E-state index contributed by atoms with van der Waals surface area (Å²) in [5, 5.41) is 32.5. The van der Waals surface area contributed by atoms with Crippen LogP contribution in [0.3, 0.4) is 0 Å². The van der Waals surface area contributed by atoms with Crippen LogP contribution in [0.15, 0.2) is 36.4 Å². The second-order valence-electron chi connectivity index (χ2n) is 12.7. The lowest BCUT2D eigenvalue weighted by Crippen LogP contribution is -2.42. The number of amides is 2. The minimum absolute atomic E-state index is 0.0152. The molecular weight excluding hydrogens is 556 g/mol. The third-order valence-electron chi connectivity index (χ3n) is 9.21. The molecule has 0 aliphatic carbocycles. The summed E-state index contributed by atoms with van der Waals surface area (Å²) in [6.45, 7) is 13.0. The summed E-state index contributed by atoms with van der Waals surface area (Å²) in [6, 6.07) is 11.2. The number of carbonyl (C=O) groups is 2.